The van der Waals surface area contributed by atoms with Crippen molar-refractivity contribution in [2.75, 3.05) is 19.6 Å². The van der Waals surface area contributed by atoms with Gasteiger partial charge in [-0.2, -0.15) is 13.2 Å². The van der Waals surface area contributed by atoms with E-state index in [9.17, 15) is 36.3 Å². The Morgan fingerprint density at radius 2 is 1.85 bits per heavy atom. The number of aryl methyl sites for hydroxylation is 1. The molecule has 2 aromatic rings. The fourth-order valence-electron chi connectivity index (χ4n) is 5.79. The van der Waals surface area contributed by atoms with Gasteiger partial charge in [-0.3, -0.25) is 10.1 Å². The lowest BCUT2D eigenvalue weighted by atomic mass is 9.92. The topological polar surface area (TPSA) is 99.6 Å². The molecule has 0 spiro atoms. The lowest BCUT2D eigenvalue weighted by molar-refractivity contribution is -0.134. The maximum Gasteiger partial charge on any atom is 0.389 e. The molecule has 5 amide bonds. The molecule has 1 aromatic carbocycles. The number of alkyl halides is 3. The van der Waals surface area contributed by atoms with Crippen molar-refractivity contribution in [3.63, 3.8) is 0 Å². The minimum absolute atomic E-state index is 0.00975. The molecule has 4 heterocycles. The number of piperidine rings is 1. The van der Waals surface area contributed by atoms with Gasteiger partial charge < -0.3 is 19.7 Å². The van der Waals surface area contributed by atoms with Gasteiger partial charge in [0.15, 0.2) is 11.6 Å². The number of rotatable bonds is 5. The van der Waals surface area contributed by atoms with Crippen molar-refractivity contribution in [1.82, 2.24) is 30.0 Å². The van der Waals surface area contributed by atoms with Gasteiger partial charge in [0.25, 0.3) is 0 Å². The Morgan fingerprint density at radius 1 is 1.10 bits per heavy atom. The highest BCUT2D eigenvalue weighted by molar-refractivity contribution is 6.02. The summed E-state index contributed by atoms with van der Waals surface area (Å²) in [5.41, 5.74) is 0.425. The van der Waals surface area contributed by atoms with E-state index in [0.29, 0.717) is 50.3 Å². The van der Waals surface area contributed by atoms with E-state index in [0.717, 1.165) is 6.07 Å². The molecule has 9 nitrogen and oxygen atoms in total. The van der Waals surface area contributed by atoms with Gasteiger partial charge in [0.05, 0.1) is 6.04 Å². The number of hydrogen-bond acceptors (Lipinski definition) is 4. The molecule has 2 atom stereocenters. The molecule has 2 fully saturated rings. The van der Waals surface area contributed by atoms with Gasteiger partial charge in [-0.15, -0.1) is 0 Å². The molecule has 3 aliphatic heterocycles. The number of benzene rings is 1. The van der Waals surface area contributed by atoms with E-state index in [1.54, 1.807) is 9.47 Å². The van der Waals surface area contributed by atoms with Crippen molar-refractivity contribution in [2.24, 2.45) is 0 Å². The van der Waals surface area contributed by atoms with Crippen molar-refractivity contribution >= 4 is 18.0 Å². The number of carbonyl (C=O) groups excluding carboxylic acids is 3. The zero-order chi connectivity index (χ0) is 28.6. The second-order valence-corrected chi connectivity index (χ2v) is 10.5. The lowest BCUT2D eigenvalue weighted by Crippen LogP contribution is -2.50. The van der Waals surface area contributed by atoms with E-state index in [4.69, 9.17) is 0 Å². The smallest absolute Gasteiger partial charge is 0.330 e. The quantitative estimate of drug-likeness (QED) is 0.421. The summed E-state index contributed by atoms with van der Waals surface area (Å²) in [6.07, 6.45) is -2.82. The number of amides is 5. The van der Waals surface area contributed by atoms with Crippen LogP contribution in [0.4, 0.5) is 31.5 Å². The monoisotopic (exact) mass is 568 g/mol. The Balaban J connectivity index is 1.31. The summed E-state index contributed by atoms with van der Waals surface area (Å²) in [7, 11) is 0. The highest BCUT2D eigenvalue weighted by atomic mass is 19.4. The molecule has 2 N–H and O–H groups in total. The molecule has 2 saturated heterocycles. The number of urea groups is 2. The summed E-state index contributed by atoms with van der Waals surface area (Å²) in [5.74, 6) is -2.54. The van der Waals surface area contributed by atoms with Crippen LogP contribution in [-0.4, -0.2) is 69.2 Å². The average molecular weight is 569 g/mol. The van der Waals surface area contributed by atoms with Crippen LogP contribution in [-0.2, 0) is 17.8 Å². The molecule has 3 aliphatic rings. The highest BCUT2D eigenvalue weighted by Gasteiger charge is 2.37. The van der Waals surface area contributed by atoms with Crippen molar-refractivity contribution in [2.45, 2.75) is 69.2 Å². The van der Waals surface area contributed by atoms with Crippen LogP contribution in [0.2, 0.25) is 0 Å². The standard InChI is InChI=1S/C26H29F5N6O3/c27-19-3-1-2-18(22(19)28)15-4-5-20(23-32-12-17(36(23)13-15)6-9-26(29,30)31)33-24(39)35-10-7-16(8-11-35)37-14-21(38)34-25(37)40/h1-3,12,15-16,20H,4-11,13-14H2,(H,33,39)(H,34,38,40)/t15-,20-/m1/s1. The first kappa shape index (κ1) is 27.8. The van der Waals surface area contributed by atoms with E-state index < -0.39 is 48.3 Å². The van der Waals surface area contributed by atoms with Crippen LogP contribution in [0.15, 0.2) is 24.4 Å². The largest absolute Gasteiger partial charge is 0.389 e. The average Bonchev–Trinajstić information content (AvgIpc) is 3.41. The maximum atomic E-state index is 14.7. The molecule has 0 aliphatic carbocycles. The molecule has 1 aromatic heterocycles. The van der Waals surface area contributed by atoms with Crippen LogP contribution >= 0.6 is 0 Å². The van der Waals surface area contributed by atoms with Crippen molar-refractivity contribution in [3.8, 4) is 0 Å². The SMILES string of the molecule is O=C1CN(C2CCN(C(=O)N[C@@H]3CC[C@@H](c4cccc(F)c4F)Cn4c(CCC(F)(F)F)cnc43)CC2)C(=O)N1. The fourth-order valence-corrected chi connectivity index (χ4v) is 5.79. The predicted molar refractivity (Wildman–Crippen MR) is 131 cm³/mol. The van der Waals surface area contributed by atoms with Gasteiger partial charge in [0.2, 0.25) is 5.91 Å². The van der Waals surface area contributed by atoms with Crippen LogP contribution in [0.25, 0.3) is 0 Å². The summed E-state index contributed by atoms with van der Waals surface area (Å²) in [6, 6.07) is 2.19. The molecule has 0 saturated carbocycles. The Bertz CT molecular complexity index is 1290. The maximum absolute atomic E-state index is 14.7. The van der Waals surface area contributed by atoms with Crippen LogP contribution in [0.5, 0.6) is 0 Å². The number of nitrogens with one attached hydrogen (secondary N) is 2. The molecule has 14 heteroatoms. The Labute approximate surface area is 226 Å². The molecule has 5 rings (SSSR count). The lowest BCUT2D eigenvalue weighted by Gasteiger charge is -2.36. The van der Waals surface area contributed by atoms with Gasteiger partial charge in [0, 0.05) is 49.9 Å². The number of likely N-dealkylation sites (tertiary alicyclic amines) is 1. The van der Waals surface area contributed by atoms with Gasteiger partial charge in [-0.05, 0) is 43.7 Å². The van der Waals surface area contributed by atoms with Crippen LogP contribution in [0.3, 0.4) is 0 Å². The first-order chi connectivity index (χ1) is 19.0. The first-order valence-corrected chi connectivity index (χ1v) is 13.2. The Morgan fingerprint density at radius 3 is 2.52 bits per heavy atom. The third-order valence-electron chi connectivity index (χ3n) is 7.88. The molecule has 0 unspecified atom stereocenters. The first-order valence-electron chi connectivity index (χ1n) is 13.2. The molecular weight excluding hydrogens is 539 g/mol. The van der Waals surface area contributed by atoms with Gasteiger partial charge in [-0.25, -0.2) is 23.4 Å². The summed E-state index contributed by atoms with van der Waals surface area (Å²) in [4.78, 5) is 44.1. The van der Waals surface area contributed by atoms with E-state index in [1.165, 1.54) is 23.2 Å². The van der Waals surface area contributed by atoms with E-state index >= 15 is 0 Å². The minimum Gasteiger partial charge on any atom is -0.330 e. The normalized spacial score (nSPS) is 22.2. The summed E-state index contributed by atoms with van der Waals surface area (Å²) >= 11 is 0. The second kappa shape index (κ2) is 11.0. The number of carbonyl (C=O) groups is 3. The predicted octanol–water partition coefficient (Wildman–Crippen LogP) is 4.00. The van der Waals surface area contributed by atoms with E-state index in [1.807, 2.05) is 0 Å². The highest BCUT2D eigenvalue weighted by Crippen LogP contribution is 2.36. The van der Waals surface area contributed by atoms with Crippen LogP contribution in [0.1, 0.15) is 61.1 Å². The fraction of sp³-hybridized carbons (Fsp3) is 0.538. The Hall–Kier alpha value is -3.71. The molecule has 216 valence electrons. The number of hydrogen-bond donors (Lipinski definition) is 2. The van der Waals surface area contributed by atoms with Gasteiger partial charge in [0.1, 0.15) is 12.4 Å². The van der Waals surface area contributed by atoms with E-state index in [-0.39, 0.29) is 37.0 Å². The zero-order valence-corrected chi connectivity index (χ0v) is 21.5. The van der Waals surface area contributed by atoms with Crippen LogP contribution in [0, 0.1) is 11.6 Å². The zero-order valence-electron chi connectivity index (χ0n) is 21.5. The van der Waals surface area contributed by atoms with Gasteiger partial charge in [-0.1, -0.05) is 12.1 Å². The third kappa shape index (κ3) is 5.89. The molecule has 40 heavy (non-hydrogen) atoms. The van der Waals surface area contributed by atoms with Gasteiger partial charge >= 0.3 is 18.2 Å². The second-order valence-electron chi connectivity index (χ2n) is 10.5. The van der Waals surface area contributed by atoms with Crippen molar-refractivity contribution in [3.05, 3.63) is 53.1 Å². The third-order valence-corrected chi connectivity index (χ3v) is 7.88. The summed E-state index contributed by atoms with van der Waals surface area (Å²) in [5, 5.41) is 5.18. The molecule has 0 radical (unpaired) electrons. The number of imide groups is 1. The molecular formula is C26H29F5N6O3. The number of nitrogens with zero attached hydrogens (tertiary/aromatic N) is 4. The summed E-state index contributed by atoms with van der Waals surface area (Å²) < 4.78 is 69.3. The molecule has 0 bridgehead atoms. The van der Waals surface area contributed by atoms with Crippen molar-refractivity contribution in [1.29, 1.82) is 0 Å². The van der Waals surface area contributed by atoms with Crippen LogP contribution < -0.4 is 10.6 Å². The number of fused-ring (bicyclic) bond motifs is 1. The number of halogens is 5. The Kier molecular flexibility index (Phi) is 7.69. The summed E-state index contributed by atoms with van der Waals surface area (Å²) in [6.45, 7) is 0.759. The van der Waals surface area contributed by atoms with Crippen molar-refractivity contribution < 1.29 is 36.3 Å². The number of aromatic nitrogens is 2. The number of imidazole rings is 1. The minimum atomic E-state index is -4.38. The van der Waals surface area contributed by atoms with E-state index in [2.05, 4.69) is 15.6 Å².